The highest BCUT2D eigenvalue weighted by Gasteiger charge is 2.09. The summed E-state index contributed by atoms with van der Waals surface area (Å²) in [5.41, 5.74) is 9.33. The van der Waals surface area contributed by atoms with E-state index in [0.717, 1.165) is 4.47 Å². The smallest absolute Gasteiger partial charge is 0.272 e. The first-order valence-corrected chi connectivity index (χ1v) is 5.45. The molecular weight excluding hydrogens is 270 g/mol. The van der Waals surface area contributed by atoms with Crippen LogP contribution in [0.15, 0.2) is 47.2 Å². The Morgan fingerprint density at radius 1 is 1.31 bits per heavy atom. The van der Waals surface area contributed by atoms with Gasteiger partial charge in [-0.3, -0.25) is 14.9 Å². The molecule has 0 aliphatic rings. The number of nitrogens with two attached hydrogens (primary N) is 1. The van der Waals surface area contributed by atoms with Crippen LogP contribution in [0.25, 0.3) is 0 Å². The molecular formula is C11H10BrN3O. The van der Waals surface area contributed by atoms with E-state index in [2.05, 4.69) is 21.4 Å². The zero-order valence-corrected chi connectivity index (χ0v) is 9.94. The van der Waals surface area contributed by atoms with Crippen LogP contribution in [0, 0.1) is 0 Å². The monoisotopic (exact) mass is 279 g/mol. The summed E-state index contributed by atoms with van der Waals surface area (Å²) in [6.07, 6.45) is 3.49. The van der Waals surface area contributed by atoms with Crippen molar-refractivity contribution in [2.75, 3.05) is 11.2 Å². The van der Waals surface area contributed by atoms with Gasteiger partial charge in [-0.05, 0) is 30.3 Å². The van der Waals surface area contributed by atoms with Crippen LogP contribution in [0.2, 0.25) is 0 Å². The van der Waals surface area contributed by atoms with Gasteiger partial charge in [0.15, 0.2) is 0 Å². The Morgan fingerprint density at radius 3 is 2.62 bits per heavy atom. The molecule has 0 saturated heterocycles. The molecule has 4 nitrogen and oxygen atoms in total. The molecule has 0 bridgehead atoms. The summed E-state index contributed by atoms with van der Waals surface area (Å²) in [5, 5.41) is 0. The Morgan fingerprint density at radius 2 is 2.00 bits per heavy atom. The molecule has 0 aliphatic carbocycles. The summed E-state index contributed by atoms with van der Waals surface area (Å²) >= 11 is 3.29. The van der Waals surface area contributed by atoms with Crippen LogP contribution in [-0.4, -0.2) is 10.6 Å². The Kier molecular flexibility index (Phi) is 2.96. The molecule has 1 heterocycles. The summed E-state index contributed by atoms with van der Waals surface area (Å²) in [4.78, 5) is 11.8. The minimum Gasteiger partial charge on any atom is -0.398 e. The number of rotatable bonds is 2. The molecule has 1 aromatic heterocycles. The minimum atomic E-state index is -0.235. The van der Waals surface area contributed by atoms with Crippen LogP contribution >= 0.6 is 15.9 Å². The zero-order chi connectivity index (χ0) is 11.5. The molecule has 0 atom stereocenters. The van der Waals surface area contributed by atoms with Crippen molar-refractivity contribution in [1.82, 2.24) is 4.68 Å². The van der Waals surface area contributed by atoms with E-state index in [1.54, 1.807) is 35.3 Å². The number of anilines is 1. The Balaban J connectivity index is 2.21. The number of carbonyl (C=O) groups is 1. The number of nitrogens with zero attached hydrogens (tertiary/aromatic N) is 1. The molecule has 0 aliphatic heterocycles. The quantitative estimate of drug-likeness (QED) is 0.829. The van der Waals surface area contributed by atoms with Gasteiger partial charge in [0.25, 0.3) is 5.91 Å². The summed E-state index contributed by atoms with van der Waals surface area (Å²) in [6.45, 7) is 0. The molecule has 16 heavy (non-hydrogen) atoms. The molecule has 0 unspecified atom stereocenters. The second kappa shape index (κ2) is 4.40. The van der Waals surface area contributed by atoms with Gasteiger partial charge in [-0.2, -0.15) is 0 Å². The van der Waals surface area contributed by atoms with Crippen molar-refractivity contribution in [3.05, 3.63) is 52.8 Å². The second-order valence-electron chi connectivity index (χ2n) is 3.26. The lowest BCUT2D eigenvalue weighted by Gasteiger charge is -2.08. The summed E-state index contributed by atoms with van der Waals surface area (Å²) in [6, 6.07) is 8.81. The fourth-order valence-corrected chi connectivity index (χ4v) is 1.71. The van der Waals surface area contributed by atoms with Crippen molar-refractivity contribution in [1.29, 1.82) is 0 Å². The topological polar surface area (TPSA) is 60.1 Å². The standard InChI is InChI=1S/C11H10BrN3O/c12-8-3-4-9(10(13)7-8)11(16)14-15-5-1-2-6-15/h1-7H,13H2,(H,14,16). The van der Waals surface area contributed by atoms with E-state index < -0.39 is 0 Å². The van der Waals surface area contributed by atoms with Gasteiger partial charge in [-0.1, -0.05) is 15.9 Å². The largest absolute Gasteiger partial charge is 0.398 e. The molecule has 2 rings (SSSR count). The number of hydrogen-bond donors (Lipinski definition) is 2. The van der Waals surface area contributed by atoms with Crippen LogP contribution in [-0.2, 0) is 0 Å². The highest BCUT2D eigenvalue weighted by molar-refractivity contribution is 9.10. The van der Waals surface area contributed by atoms with Gasteiger partial charge in [-0.25, -0.2) is 0 Å². The van der Waals surface area contributed by atoms with Crippen molar-refractivity contribution < 1.29 is 4.79 Å². The maximum Gasteiger partial charge on any atom is 0.272 e. The third-order valence-corrected chi connectivity index (χ3v) is 2.59. The van der Waals surface area contributed by atoms with Gasteiger partial charge >= 0.3 is 0 Å². The van der Waals surface area contributed by atoms with E-state index in [0.29, 0.717) is 11.3 Å². The molecule has 0 saturated carbocycles. The van der Waals surface area contributed by atoms with Crippen LogP contribution in [0.5, 0.6) is 0 Å². The van der Waals surface area contributed by atoms with E-state index in [1.807, 2.05) is 12.1 Å². The van der Waals surface area contributed by atoms with E-state index in [4.69, 9.17) is 5.73 Å². The molecule has 5 heteroatoms. The number of benzene rings is 1. The lowest BCUT2D eigenvalue weighted by atomic mass is 10.2. The fourth-order valence-electron chi connectivity index (χ4n) is 1.33. The Bertz CT molecular complexity index is 508. The summed E-state index contributed by atoms with van der Waals surface area (Å²) in [7, 11) is 0. The number of aromatic nitrogens is 1. The normalized spacial score (nSPS) is 10.1. The lowest BCUT2D eigenvalue weighted by molar-refractivity contribution is 0.101. The third kappa shape index (κ3) is 2.25. The number of hydrogen-bond acceptors (Lipinski definition) is 2. The van der Waals surface area contributed by atoms with Gasteiger partial charge in [0.1, 0.15) is 0 Å². The van der Waals surface area contributed by atoms with E-state index in [9.17, 15) is 4.79 Å². The van der Waals surface area contributed by atoms with Crippen molar-refractivity contribution >= 4 is 27.5 Å². The van der Waals surface area contributed by atoms with Crippen molar-refractivity contribution in [2.45, 2.75) is 0 Å². The first-order chi connectivity index (χ1) is 7.66. The highest BCUT2D eigenvalue weighted by atomic mass is 79.9. The number of amides is 1. The average molecular weight is 280 g/mol. The molecule has 3 N–H and O–H groups in total. The molecule has 2 aromatic rings. The van der Waals surface area contributed by atoms with Gasteiger partial charge < -0.3 is 5.73 Å². The summed E-state index contributed by atoms with van der Waals surface area (Å²) < 4.78 is 2.42. The van der Waals surface area contributed by atoms with E-state index in [1.165, 1.54) is 0 Å². The molecule has 0 radical (unpaired) electrons. The average Bonchev–Trinajstić information content (AvgIpc) is 2.70. The molecule has 1 amide bonds. The summed E-state index contributed by atoms with van der Waals surface area (Å²) in [5.74, 6) is -0.235. The third-order valence-electron chi connectivity index (χ3n) is 2.09. The van der Waals surface area contributed by atoms with E-state index in [-0.39, 0.29) is 5.91 Å². The SMILES string of the molecule is Nc1cc(Br)ccc1C(=O)Nn1cccc1. The second-order valence-corrected chi connectivity index (χ2v) is 4.18. The van der Waals surface area contributed by atoms with Crippen LogP contribution in [0.3, 0.4) is 0 Å². The number of carbonyl (C=O) groups excluding carboxylic acids is 1. The van der Waals surface area contributed by atoms with Crippen LogP contribution in [0.4, 0.5) is 5.69 Å². The molecule has 0 fully saturated rings. The fraction of sp³-hybridized carbons (Fsp3) is 0. The predicted octanol–water partition coefficient (Wildman–Crippen LogP) is 2.22. The predicted molar refractivity (Wildman–Crippen MR) is 66.7 cm³/mol. The minimum absolute atomic E-state index is 0.235. The Hall–Kier alpha value is -1.75. The lowest BCUT2D eigenvalue weighted by Crippen LogP contribution is -2.22. The maximum absolute atomic E-state index is 11.8. The van der Waals surface area contributed by atoms with Crippen LogP contribution < -0.4 is 11.2 Å². The van der Waals surface area contributed by atoms with Gasteiger partial charge in [0.2, 0.25) is 0 Å². The number of nitrogen functional groups attached to an aromatic ring is 1. The van der Waals surface area contributed by atoms with Crippen molar-refractivity contribution in [3.63, 3.8) is 0 Å². The molecule has 0 spiro atoms. The van der Waals surface area contributed by atoms with Crippen molar-refractivity contribution in [3.8, 4) is 0 Å². The first-order valence-electron chi connectivity index (χ1n) is 4.66. The van der Waals surface area contributed by atoms with Gasteiger partial charge in [0, 0.05) is 22.6 Å². The van der Waals surface area contributed by atoms with E-state index >= 15 is 0 Å². The number of halogens is 1. The first kappa shape index (κ1) is 10.8. The maximum atomic E-state index is 11.8. The van der Waals surface area contributed by atoms with Crippen molar-refractivity contribution in [2.24, 2.45) is 0 Å². The molecule has 1 aromatic carbocycles. The Labute approximate surface area is 101 Å². The number of nitrogens with one attached hydrogen (secondary N) is 1. The zero-order valence-electron chi connectivity index (χ0n) is 8.35. The van der Waals surface area contributed by atoms with Gasteiger partial charge in [-0.15, -0.1) is 0 Å². The van der Waals surface area contributed by atoms with Crippen LogP contribution in [0.1, 0.15) is 10.4 Å². The molecule has 82 valence electrons. The highest BCUT2D eigenvalue weighted by Crippen LogP contribution is 2.18. The van der Waals surface area contributed by atoms with Gasteiger partial charge in [0.05, 0.1) is 5.56 Å².